The molecule has 0 bridgehead atoms. The molecule has 1 fully saturated rings. The molecule has 1 saturated carbocycles. The van der Waals surface area contributed by atoms with Gasteiger partial charge in [-0.3, -0.25) is 4.98 Å². The molecule has 1 heterocycles. The third-order valence-corrected chi connectivity index (χ3v) is 3.06. The van der Waals surface area contributed by atoms with Gasteiger partial charge in [0, 0.05) is 12.3 Å². The fourth-order valence-electron chi connectivity index (χ4n) is 2.08. The predicted molar refractivity (Wildman–Crippen MR) is 64.2 cm³/mol. The van der Waals surface area contributed by atoms with E-state index in [0.717, 1.165) is 6.61 Å². The summed E-state index contributed by atoms with van der Waals surface area (Å²) in [5.74, 6) is 1.38. The topological polar surface area (TPSA) is 80.7 Å². The molecule has 1 aliphatic carbocycles. The van der Waals surface area contributed by atoms with E-state index in [9.17, 15) is 0 Å². The Kier molecular flexibility index (Phi) is 3.80. The van der Waals surface area contributed by atoms with Crippen LogP contribution in [0.2, 0.25) is 0 Å². The second-order valence-corrected chi connectivity index (χ2v) is 4.32. The van der Waals surface area contributed by atoms with E-state index in [0.29, 0.717) is 17.4 Å². The molecule has 2 rings (SSSR count). The lowest BCUT2D eigenvalue weighted by molar-refractivity contribution is 0.252. The zero-order valence-corrected chi connectivity index (χ0v) is 9.67. The molecule has 17 heavy (non-hydrogen) atoms. The molecule has 0 saturated heterocycles. The number of nitrogens with zero attached hydrogens (tertiary/aromatic N) is 2. The third-order valence-electron chi connectivity index (χ3n) is 3.06. The number of aromatic nitrogens is 1. The average Bonchev–Trinajstić information content (AvgIpc) is 2.89. The van der Waals surface area contributed by atoms with Crippen LogP contribution in [0.3, 0.4) is 0 Å². The maximum atomic E-state index is 8.56. The van der Waals surface area contributed by atoms with E-state index in [1.54, 1.807) is 18.3 Å². The molecule has 0 amide bonds. The molecule has 0 aliphatic heterocycles. The first kappa shape index (κ1) is 11.7. The highest BCUT2D eigenvalue weighted by Crippen LogP contribution is 2.25. The summed E-state index contributed by atoms with van der Waals surface area (Å²) in [7, 11) is 0. The van der Waals surface area contributed by atoms with Gasteiger partial charge in [0.15, 0.2) is 5.84 Å². The minimum atomic E-state index is -0.00341. The van der Waals surface area contributed by atoms with Gasteiger partial charge in [0.25, 0.3) is 0 Å². The predicted octanol–water partition coefficient (Wildman–Crippen LogP) is 1.75. The van der Waals surface area contributed by atoms with E-state index in [1.165, 1.54) is 25.7 Å². The standard InChI is InChI=1S/C12H17N3O2/c13-12(15-16)11-7-10(5-6-14-11)17-8-9-3-1-2-4-9/h5-7,9,16H,1-4,8H2,(H2,13,15). The van der Waals surface area contributed by atoms with Crippen LogP contribution in [0.1, 0.15) is 31.4 Å². The molecule has 0 radical (unpaired) electrons. The molecular weight excluding hydrogens is 218 g/mol. The van der Waals surface area contributed by atoms with Crippen LogP contribution in [0.5, 0.6) is 5.75 Å². The van der Waals surface area contributed by atoms with Gasteiger partial charge in [-0.15, -0.1) is 0 Å². The first-order chi connectivity index (χ1) is 8.29. The molecule has 5 heteroatoms. The third kappa shape index (κ3) is 3.09. The largest absolute Gasteiger partial charge is 0.493 e. The smallest absolute Gasteiger partial charge is 0.188 e. The molecular formula is C12H17N3O2. The summed E-state index contributed by atoms with van der Waals surface area (Å²) in [5, 5.41) is 11.5. The van der Waals surface area contributed by atoms with Crippen LogP contribution in [0.15, 0.2) is 23.5 Å². The number of hydrogen-bond donors (Lipinski definition) is 2. The van der Waals surface area contributed by atoms with Crippen LogP contribution < -0.4 is 10.5 Å². The Morgan fingerprint density at radius 1 is 1.53 bits per heavy atom. The SMILES string of the molecule is NC(=NO)c1cc(OCC2CCCC2)ccn1. The van der Waals surface area contributed by atoms with E-state index in [-0.39, 0.29) is 5.84 Å². The summed E-state index contributed by atoms with van der Waals surface area (Å²) in [6, 6.07) is 3.47. The van der Waals surface area contributed by atoms with Crippen LogP contribution >= 0.6 is 0 Å². The van der Waals surface area contributed by atoms with Crippen molar-refractivity contribution in [3.05, 3.63) is 24.0 Å². The van der Waals surface area contributed by atoms with E-state index >= 15 is 0 Å². The highest BCUT2D eigenvalue weighted by atomic mass is 16.5. The summed E-state index contributed by atoms with van der Waals surface area (Å²) >= 11 is 0. The van der Waals surface area contributed by atoms with Gasteiger partial charge in [0.2, 0.25) is 0 Å². The summed E-state index contributed by atoms with van der Waals surface area (Å²) in [4.78, 5) is 3.99. The van der Waals surface area contributed by atoms with Crippen molar-refractivity contribution in [1.29, 1.82) is 0 Å². The average molecular weight is 235 g/mol. The fraction of sp³-hybridized carbons (Fsp3) is 0.500. The van der Waals surface area contributed by atoms with E-state index in [1.807, 2.05) is 0 Å². The number of rotatable bonds is 4. The van der Waals surface area contributed by atoms with Gasteiger partial charge in [-0.2, -0.15) is 0 Å². The summed E-state index contributed by atoms with van der Waals surface area (Å²) < 4.78 is 5.69. The second kappa shape index (κ2) is 5.52. The van der Waals surface area contributed by atoms with Crippen molar-refractivity contribution in [1.82, 2.24) is 4.98 Å². The van der Waals surface area contributed by atoms with Gasteiger partial charge < -0.3 is 15.7 Å². The Bertz CT molecular complexity index is 400. The lowest BCUT2D eigenvalue weighted by Crippen LogP contribution is -2.15. The van der Waals surface area contributed by atoms with Crippen molar-refractivity contribution in [2.45, 2.75) is 25.7 Å². The molecule has 5 nitrogen and oxygen atoms in total. The quantitative estimate of drug-likeness (QED) is 0.360. The molecule has 1 aromatic heterocycles. The van der Waals surface area contributed by atoms with Gasteiger partial charge in [-0.1, -0.05) is 18.0 Å². The van der Waals surface area contributed by atoms with Crippen molar-refractivity contribution >= 4 is 5.84 Å². The second-order valence-electron chi connectivity index (χ2n) is 4.32. The van der Waals surface area contributed by atoms with Crippen molar-refractivity contribution in [3.8, 4) is 5.75 Å². The fourth-order valence-corrected chi connectivity index (χ4v) is 2.08. The molecule has 1 aliphatic rings. The molecule has 92 valence electrons. The van der Waals surface area contributed by atoms with Crippen LogP contribution in [0.25, 0.3) is 0 Å². The van der Waals surface area contributed by atoms with Crippen molar-refractivity contribution < 1.29 is 9.94 Å². The molecule has 0 unspecified atom stereocenters. The Morgan fingerprint density at radius 3 is 3.00 bits per heavy atom. The normalized spacial score (nSPS) is 17.3. The van der Waals surface area contributed by atoms with Crippen molar-refractivity contribution in [2.24, 2.45) is 16.8 Å². The zero-order valence-electron chi connectivity index (χ0n) is 9.67. The summed E-state index contributed by atoms with van der Waals surface area (Å²) in [6.07, 6.45) is 6.70. The van der Waals surface area contributed by atoms with Crippen molar-refractivity contribution in [3.63, 3.8) is 0 Å². The van der Waals surface area contributed by atoms with Gasteiger partial charge >= 0.3 is 0 Å². The Morgan fingerprint density at radius 2 is 2.29 bits per heavy atom. The molecule has 0 aromatic carbocycles. The molecule has 3 N–H and O–H groups in total. The van der Waals surface area contributed by atoms with Crippen LogP contribution in [0, 0.1) is 5.92 Å². The number of ether oxygens (including phenoxy) is 1. The summed E-state index contributed by atoms with van der Waals surface area (Å²) in [6.45, 7) is 0.736. The van der Waals surface area contributed by atoms with E-state index in [2.05, 4.69) is 10.1 Å². The van der Waals surface area contributed by atoms with E-state index in [4.69, 9.17) is 15.7 Å². The lowest BCUT2D eigenvalue weighted by Gasteiger charge is -2.11. The molecule has 0 atom stereocenters. The summed E-state index contributed by atoms with van der Waals surface area (Å²) in [5.41, 5.74) is 5.89. The first-order valence-corrected chi connectivity index (χ1v) is 5.86. The Balaban J connectivity index is 1.96. The minimum Gasteiger partial charge on any atom is -0.493 e. The lowest BCUT2D eigenvalue weighted by atomic mass is 10.1. The molecule has 0 spiro atoms. The highest BCUT2D eigenvalue weighted by molar-refractivity contribution is 5.95. The van der Waals surface area contributed by atoms with Gasteiger partial charge in [-0.25, -0.2) is 0 Å². The van der Waals surface area contributed by atoms with Crippen LogP contribution in [0.4, 0.5) is 0 Å². The first-order valence-electron chi connectivity index (χ1n) is 5.86. The number of pyridine rings is 1. The molecule has 1 aromatic rings. The highest BCUT2D eigenvalue weighted by Gasteiger charge is 2.15. The number of amidine groups is 1. The maximum Gasteiger partial charge on any atom is 0.188 e. The maximum absolute atomic E-state index is 8.56. The van der Waals surface area contributed by atoms with Gasteiger partial charge in [0.05, 0.1) is 6.61 Å². The Hall–Kier alpha value is -1.78. The van der Waals surface area contributed by atoms with Crippen molar-refractivity contribution in [2.75, 3.05) is 6.61 Å². The van der Waals surface area contributed by atoms with Crippen LogP contribution in [-0.4, -0.2) is 22.6 Å². The number of nitrogens with two attached hydrogens (primary N) is 1. The monoisotopic (exact) mass is 235 g/mol. The van der Waals surface area contributed by atoms with Gasteiger partial charge in [0.1, 0.15) is 11.4 Å². The van der Waals surface area contributed by atoms with Crippen LogP contribution in [-0.2, 0) is 0 Å². The minimum absolute atomic E-state index is 0.00341. The zero-order chi connectivity index (χ0) is 12.1. The number of hydrogen-bond acceptors (Lipinski definition) is 4. The van der Waals surface area contributed by atoms with E-state index < -0.39 is 0 Å². The number of oxime groups is 1. The van der Waals surface area contributed by atoms with Gasteiger partial charge in [-0.05, 0) is 24.8 Å². The Labute approximate surface area is 100 Å².